The summed E-state index contributed by atoms with van der Waals surface area (Å²) < 4.78 is 23.0. The van der Waals surface area contributed by atoms with E-state index in [0.29, 0.717) is 11.6 Å². The number of thioether (sulfide) groups is 1. The highest BCUT2D eigenvalue weighted by molar-refractivity contribution is 8.00. The van der Waals surface area contributed by atoms with Crippen LogP contribution in [0.4, 0.5) is 5.82 Å². The van der Waals surface area contributed by atoms with Gasteiger partial charge in [-0.3, -0.25) is 4.79 Å². The number of hydrogen-bond donors (Lipinski definition) is 2. The number of amides is 1. The van der Waals surface area contributed by atoms with E-state index in [1.54, 1.807) is 18.3 Å². The topological polar surface area (TPSA) is 116 Å². The van der Waals surface area contributed by atoms with Crippen molar-refractivity contribution in [2.24, 2.45) is 5.73 Å². The minimum atomic E-state index is -3.22. The SMILES string of the molecule is NC(=O)CCS(=O)(=O)CCSc1ccc(N)nc1. The quantitative estimate of drug-likeness (QED) is 0.685. The number of primary amides is 1. The Morgan fingerprint density at radius 2 is 2.06 bits per heavy atom. The number of aromatic nitrogens is 1. The Hall–Kier alpha value is -1.28. The molecule has 1 aromatic rings. The number of hydrogen-bond acceptors (Lipinski definition) is 6. The number of pyridine rings is 1. The van der Waals surface area contributed by atoms with Crippen LogP contribution in [-0.2, 0) is 14.6 Å². The van der Waals surface area contributed by atoms with Crippen LogP contribution in [-0.4, -0.2) is 36.6 Å². The summed E-state index contributed by atoms with van der Waals surface area (Å²) in [4.78, 5) is 15.3. The van der Waals surface area contributed by atoms with Crippen molar-refractivity contribution in [1.29, 1.82) is 0 Å². The second kappa shape index (κ2) is 6.60. The molecule has 0 saturated heterocycles. The van der Waals surface area contributed by atoms with Crippen molar-refractivity contribution in [2.45, 2.75) is 11.3 Å². The second-order valence-corrected chi connectivity index (χ2v) is 7.11. The van der Waals surface area contributed by atoms with E-state index < -0.39 is 15.7 Å². The summed E-state index contributed by atoms with van der Waals surface area (Å²) in [5.41, 5.74) is 10.3. The Balaban J connectivity index is 2.37. The summed E-state index contributed by atoms with van der Waals surface area (Å²) in [5, 5.41) is 0. The van der Waals surface area contributed by atoms with Crippen LogP contribution >= 0.6 is 11.8 Å². The molecule has 0 spiro atoms. The molecule has 0 atom stereocenters. The highest BCUT2D eigenvalue weighted by Crippen LogP contribution is 2.17. The largest absolute Gasteiger partial charge is 0.384 e. The van der Waals surface area contributed by atoms with E-state index in [-0.39, 0.29) is 17.9 Å². The van der Waals surface area contributed by atoms with Crippen molar-refractivity contribution in [3.63, 3.8) is 0 Å². The van der Waals surface area contributed by atoms with E-state index in [2.05, 4.69) is 4.98 Å². The average molecular weight is 289 g/mol. The molecule has 6 nitrogen and oxygen atoms in total. The van der Waals surface area contributed by atoms with Crippen LogP contribution < -0.4 is 11.5 Å². The standard InChI is InChI=1S/C10H15N3O3S2/c11-9-2-1-8(7-13-9)17-4-6-18(15,16)5-3-10(12)14/h1-2,7H,3-6H2,(H2,11,13)(H2,12,14). The Kier molecular flexibility index (Phi) is 5.42. The van der Waals surface area contributed by atoms with Gasteiger partial charge in [0.15, 0.2) is 9.84 Å². The molecule has 1 heterocycles. The van der Waals surface area contributed by atoms with Crippen LogP contribution in [0, 0.1) is 0 Å². The van der Waals surface area contributed by atoms with Gasteiger partial charge in [-0.2, -0.15) is 0 Å². The molecular formula is C10H15N3O3S2. The summed E-state index contributed by atoms with van der Waals surface area (Å²) in [6, 6.07) is 3.44. The minimum absolute atomic E-state index is 0.00925. The maximum atomic E-state index is 11.5. The van der Waals surface area contributed by atoms with Gasteiger partial charge in [-0.1, -0.05) is 0 Å². The molecular weight excluding hydrogens is 274 g/mol. The zero-order valence-electron chi connectivity index (χ0n) is 9.70. The van der Waals surface area contributed by atoms with Crippen LogP contribution in [0.15, 0.2) is 23.2 Å². The van der Waals surface area contributed by atoms with Crippen LogP contribution in [0.25, 0.3) is 0 Å². The molecule has 4 N–H and O–H groups in total. The molecule has 0 saturated carbocycles. The minimum Gasteiger partial charge on any atom is -0.384 e. The van der Waals surface area contributed by atoms with Gasteiger partial charge in [-0.25, -0.2) is 13.4 Å². The van der Waals surface area contributed by atoms with Gasteiger partial charge in [0.2, 0.25) is 5.91 Å². The zero-order valence-corrected chi connectivity index (χ0v) is 11.3. The molecule has 1 amide bonds. The number of nitrogens with zero attached hydrogens (tertiary/aromatic N) is 1. The Labute approximate surface area is 110 Å². The lowest BCUT2D eigenvalue weighted by Gasteiger charge is -2.03. The first-order valence-electron chi connectivity index (χ1n) is 5.22. The predicted molar refractivity (Wildman–Crippen MR) is 71.8 cm³/mol. The monoisotopic (exact) mass is 289 g/mol. The molecule has 0 radical (unpaired) electrons. The smallest absolute Gasteiger partial charge is 0.218 e. The maximum Gasteiger partial charge on any atom is 0.218 e. The highest BCUT2D eigenvalue weighted by Gasteiger charge is 2.12. The van der Waals surface area contributed by atoms with Gasteiger partial charge in [0.1, 0.15) is 5.82 Å². The molecule has 1 rings (SSSR count). The molecule has 0 aliphatic carbocycles. The summed E-state index contributed by atoms with van der Waals surface area (Å²) >= 11 is 1.38. The van der Waals surface area contributed by atoms with Crippen molar-refractivity contribution >= 4 is 33.3 Å². The second-order valence-electron chi connectivity index (χ2n) is 3.64. The van der Waals surface area contributed by atoms with Crippen molar-refractivity contribution in [2.75, 3.05) is 23.0 Å². The molecule has 0 unspecified atom stereocenters. The van der Waals surface area contributed by atoms with Crippen molar-refractivity contribution in [1.82, 2.24) is 4.98 Å². The average Bonchev–Trinajstić information content (AvgIpc) is 2.29. The Morgan fingerprint density at radius 1 is 1.33 bits per heavy atom. The van der Waals surface area contributed by atoms with Crippen LogP contribution in [0.5, 0.6) is 0 Å². The normalized spacial score (nSPS) is 11.3. The lowest BCUT2D eigenvalue weighted by atomic mass is 10.5. The molecule has 1 aromatic heterocycles. The third kappa shape index (κ3) is 5.87. The highest BCUT2D eigenvalue weighted by atomic mass is 32.2. The lowest BCUT2D eigenvalue weighted by Crippen LogP contribution is -2.19. The number of sulfone groups is 1. The van der Waals surface area contributed by atoms with Gasteiger partial charge in [0.25, 0.3) is 0 Å². The number of carbonyl (C=O) groups is 1. The van der Waals surface area contributed by atoms with E-state index in [0.717, 1.165) is 4.90 Å². The third-order valence-electron chi connectivity index (χ3n) is 2.08. The van der Waals surface area contributed by atoms with Gasteiger partial charge in [-0.15, -0.1) is 11.8 Å². The molecule has 0 aromatic carbocycles. The summed E-state index contributed by atoms with van der Waals surface area (Å²) in [6.45, 7) is 0. The van der Waals surface area contributed by atoms with E-state index in [1.165, 1.54) is 11.8 Å². The molecule has 0 fully saturated rings. The predicted octanol–water partition coefficient (Wildman–Crippen LogP) is 0.0461. The van der Waals surface area contributed by atoms with Crippen LogP contribution in [0.2, 0.25) is 0 Å². The van der Waals surface area contributed by atoms with Gasteiger partial charge in [0, 0.05) is 23.3 Å². The first-order valence-corrected chi connectivity index (χ1v) is 8.03. The summed E-state index contributed by atoms with van der Waals surface area (Å²) in [7, 11) is -3.22. The fourth-order valence-electron chi connectivity index (χ4n) is 1.12. The van der Waals surface area contributed by atoms with Gasteiger partial charge in [-0.05, 0) is 12.1 Å². The van der Waals surface area contributed by atoms with Crippen molar-refractivity contribution < 1.29 is 13.2 Å². The van der Waals surface area contributed by atoms with E-state index in [4.69, 9.17) is 11.5 Å². The molecule has 8 heteroatoms. The molecule has 0 aliphatic heterocycles. The van der Waals surface area contributed by atoms with Gasteiger partial charge >= 0.3 is 0 Å². The maximum absolute atomic E-state index is 11.5. The first kappa shape index (κ1) is 14.8. The van der Waals surface area contributed by atoms with Gasteiger partial charge in [0.05, 0.1) is 11.5 Å². The van der Waals surface area contributed by atoms with Crippen LogP contribution in [0.3, 0.4) is 0 Å². The number of rotatable bonds is 7. The fourth-order valence-corrected chi connectivity index (χ4v) is 3.71. The number of nitrogens with two attached hydrogens (primary N) is 2. The lowest BCUT2D eigenvalue weighted by molar-refractivity contribution is -0.117. The fraction of sp³-hybridized carbons (Fsp3) is 0.400. The third-order valence-corrected chi connectivity index (χ3v) is 4.98. The van der Waals surface area contributed by atoms with E-state index in [1.807, 2.05) is 0 Å². The molecule has 18 heavy (non-hydrogen) atoms. The van der Waals surface area contributed by atoms with E-state index >= 15 is 0 Å². The zero-order chi connectivity index (χ0) is 13.6. The Bertz CT molecular complexity index is 500. The summed E-state index contributed by atoms with van der Waals surface area (Å²) in [6.07, 6.45) is 1.46. The molecule has 0 bridgehead atoms. The molecule has 100 valence electrons. The number of carbonyl (C=O) groups excluding carboxylic acids is 1. The Morgan fingerprint density at radius 3 is 2.61 bits per heavy atom. The number of nitrogen functional groups attached to an aromatic ring is 1. The first-order chi connectivity index (χ1) is 8.39. The number of anilines is 1. The van der Waals surface area contributed by atoms with Crippen LogP contribution in [0.1, 0.15) is 6.42 Å². The van der Waals surface area contributed by atoms with Crippen molar-refractivity contribution in [3.05, 3.63) is 18.3 Å². The van der Waals surface area contributed by atoms with E-state index in [9.17, 15) is 13.2 Å². The van der Waals surface area contributed by atoms with Crippen molar-refractivity contribution in [3.8, 4) is 0 Å². The molecule has 0 aliphatic rings. The van der Waals surface area contributed by atoms with Gasteiger partial charge < -0.3 is 11.5 Å². The summed E-state index contributed by atoms with van der Waals surface area (Å²) in [5.74, 6) is 0.0487.